The standard InChI is InChI=1S/C19H20ClN5O3S2/c1-12(26)22-19-23-15-6-5-13(10-17(15)29-19)14-9-16(18(20)21-11-14)24-30(27,28)25-7-3-2-4-8-25/h5-6,9-11,24H,2-4,7-8H2,1H3,(H,22,23,26). The zero-order chi connectivity index (χ0) is 21.3. The number of rotatable bonds is 5. The Morgan fingerprint density at radius 1 is 1.17 bits per heavy atom. The smallest absolute Gasteiger partial charge is 0.301 e. The van der Waals surface area contributed by atoms with Gasteiger partial charge < -0.3 is 5.32 Å². The van der Waals surface area contributed by atoms with Crippen molar-refractivity contribution in [2.45, 2.75) is 26.2 Å². The number of benzene rings is 1. The van der Waals surface area contributed by atoms with Crippen molar-refractivity contribution in [2.75, 3.05) is 23.1 Å². The van der Waals surface area contributed by atoms with Gasteiger partial charge in [-0.1, -0.05) is 35.4 Å². The van der Waals surface area contributed by atoms with E-state index in [2.05, 4.69) is 20.0 Å². The number of nitrogens with zero attached hydrogens (tertiary/aromatic N) is 3. The summed E-state index contributed by atoms with van der Waals surface area (Å²) in [6.07, 6.45) is 4.33. The first-order valence-corrected chi connectivity index (χ1v) is 12.1. The molecule has 0 saturated carbocycles. The lowest BCUT2D eigenvalue weighted by atomic mass is 10.1. The van der Waals surface area contributed by atoms with E-state index < -0.39 is 10.2 Å². The fraction of sp³-hybridized carbons (Fsp3) is 0.316. The van der Waals surface area contributed by atoms with Crippen LogP contribution in [0, 0.1) is 0 Å². The topological polar surface area (TPSA) is 104 Å². The number of anilines is 2. The number of hydrogen-bond acceptors (Lipinski definition) is 6. The van der Waals surface area contributed by atoms with Gasteiger partial charge in [-0.3, -0.25) is 9.52 Å². The summed E-state index contributed by atoms with van der Waals surface area (Å²) in [6.45, 7) is 2.43. The minimum absolute atomic E-state index is 0.0890. The van der Waals surface area contributed by atoms with E-state index in [1.165, 1.54) is 22.6 Å². The summed E-state index contributed by atoms with van der Waals surface area (Å²) in [4.78, 5) is 19.8. The van der Waals surface area contributed by atoms with Gasteiger partial charge in [-0.15, -0.1) is 0 Å². The predicted molar refractivity (Wildman–Crippen MR) is 120 cm³/mol. The number of nitrogens with one attached hydrogen (secondary N) is 2. The molecule has 11 heteroatoms. The Bertz CT molecular complexity index is 1210. The number of piperidine rings is 1. The zero-order valence-electron chi connectivity index (χ0n) is 16.2. The maximum absolute atomic E-state index is 12.7. The van der Waals surface area contributed by atoms with Gasteiger partial charge in [0.05, 0.1) is 15.9 Å². The molecule has 8 nitrogen and oxygen atoms in total. The van der Waals surface area contributed by atoms with Gasteiger partial charge in [0.15, 0.2) is 10.3 Å². The SMILES string of the molecule is CC(=O)Nc1nc2ccc(-c3cnc(Cl)c(NS(=O)(=O)N4CCCCC4)c3)cc2s1. The third kappa shape index (κ3) is 4.56. The molecule has 3 aromatic rings. The van der Waals surface area contributed by atoms with Crippen LogP contribution in [0.15, 0.2) is 30.5 Å². The van der Waals surface area contributed by atoms with Gasteiger partial charge >= 0.3 is 10.2 Å². The molecule has 3 heterocycles. The molecule has 0 radical (unpaired) electrons. The molecule has 30 heavy (non-hydrogen) atoms. The van der Waals surface area contributed by atoms with Gasteiger partial charge in [0.1, 0.15) is 0 Å². The molecular weight excluding hydrogens is 446 g/mol. The highest BCUT2D eigenvalue weighted by Crippen LogP contribution is 2.33. The van der Waals surface area contributed by atoms with Crippen molar-refractivity contribution in [3.63, 3.8) is 0 Å². The maximum Gasteiger partial charge on any atom is 0.301 e. The number of carbonyl (C=O) groups excluding carboxylic acids is 1. The van der Waals surface area contributed by atoms with Crippen molar-refractivity contribution in [1.82, 2.24) is 14.3 Å². The molecule has 2 N–H and O–H groups in total. The largest absolute Gasteiger partial charge is 0.302 e. The normalized spacial score (nSPS) is 15.3. The number of aromatic nitrogens is 2. The first-order chi connectivity index (χ1) is 14.3. The lowest BCUT2D eigenvalue weighted by molar-refractivity contribution is -0.114. The lowest BCUT2D eigenvalue weighted by Gasteiger charge is -2.26. The molecule has 1 fully saturated rings. The molecule has 1 aliphatic rings. The van der Waals surface area contributed by atoms with Crippen LogP contribution in [0.1, 0.15) is 26.2 Å². The number of carbonyl (C=O) groups is 1. The van der Waals surface area contributed by atoms with Gasteiger partial charge in [-0.05, 0) is 36.6 Å². The fourth-order valence-electron chi connectivity index (χ4n) is 3.29. The molecule has 2 aromatic heterocycles. The Labute approximate surface area is 183 Å². The molecule has 1 aromatic carbocycles. The summed E-state index contributed by atoms with van der Waals surface area (Å²) < 4.78 is 30.3. The highest BCUT2D eigenvalue weighted by molar-refractivity contribution is 7.90. The first kappa shape index (κ1) is 21.0. The number of pyridine rings is 1. The fourth-order valence-corrected chi connectivity index (χ4v) is 5.75. The minimum Gasteiger partial charge on any atom is -0.302 e. The highest BCUT2D eigenvalue weighted by Gasteiger charge is 2.25. The summed E-state index contributed by atoms with van der Waals surface area (Å²) in [7, 11) is -3.69. The van der Waals surface area contributed by atoms with Crippen LogP contribution in [0.3, 0.4) is 0 Å². The molecule has 1 amide bonds. The van der Waals surface area contributed by atoms with Crippen molar-refractivity contribution in [3.05, 3.63) is 35.6 Å². The van der Waals surface area contributed by atoms with Crippen molar-refractivity contribution in [1.29, 1.82) is 0 Å². The monoisotopic (exact) mass is 465 g/mol. The van der Waals surface area contributed by atoms with Gasteiger partial charge in [-0.2, -0.15) is 12.7 Å². The van der Waals surface area contributed by atoms with Crippen LogP contribution in [-0.4, -0.2) is 41.7 Å². The summed E-state index contributed by atoms with van der Waals surface area (Å²) in [5.41, 5.74) is 2.55. The second-order valence-corrected chi connectivity index (χ2v) is 10.1. The highest BCUT2D eigenvalue weighted by atomic mass is 35.5. The van der Waals surface area contributed by atoms with E-state index in [1.54, 1.807) is 12.3 Å². The van der Waals surface area contributed by atoms with Crippen LogP contribution in [-0.2, 0) is 15.0 Å². The van der Waals surface area contributed by atoms with Crippen molar-refractivity contribution in [3.8, 4) is 11.1 Å². The van der Waals surface area contributed by atoms with E-state index in [4.69, 9.17) is 11.6 Å². The Kier molecular flexibility index (Phi) is 5.92. The second kappa shape index (κ2) is 8.46. The van der Waals surface area contributed by atoms with Crippen LogP contribution in [0.25, 0.3) is 21.3 Å². The van der Waals surface area contributed by atoms with Gasteiger partial charge in [-0.25, -0.2) is 9.97 Å². The summed E-state index contributed by atoms with van der Waals surface area (Å²) in [5, 5.41) is 3.30. The van der Waals surface area contributed by atoms with E-state index >= 15 is 0 Å². The number of thiazole rings is 1. The predicted octanol–water partition coefficient (Wildman–Crippen LogP) is 4.11. The first-order valence-electron chi connectivity index (χ1n) is 9.44. The zero-order valence-corrected chi connectivity index (χ0v) is 18.6. The quantitative estimate of drug-likeness (QED) is 0.551. The van der Waals surface area contributed by atoms with E-state index in [9.17, 15) is 13.2 Å². The molecular formula is C19H20ClN5O3S2. The third-order valence-corrected chi connectivity index (χ3v) is 7.50. The van der Waals surface area contributed by atoms with Crippen LogP contribution in [0.4, 0.5) is 10.8 Å². The summed E-state index contributed by atoms with van der Waals surface area (Å²) in [6, 6.07) is 7.31. The molecule has 0 bridgehead atoms. The minimum atomic E-state index is -3.69. The van der Waals surface area contributed by atoms with E-state index in [-0.39, 0.29) is 16.7 Å². The van der Waals surface area contributed by atoms with Gasteiger partial charge in [0, 0.05) is 31.8 Å². The van der Waals surface area contributed by atoms with Crippen molar-refractivity contribution >= 4 is 60.1 Å². The Hall–Kier alpha value is -2.27. The Morgan fingerprint density at radius 2 is 1.93 bits per heavy atom. The maximum atomic E-state index is 12.7. The average Bonchev–Trinajstić information content (AvgIpc) is 3.11. The molecule has 158 valence electrons. The molecule has 0 spiro atoms. The van der Waals surface area contributed by atoms with Crippen molar-refractivity contribution in [2.24, 2.45) is 0 Å². The summed E-state index contributed by atoms with van der Waals surface area (Å²) in [5.74, 6) is -0.179. The van der Waals surface area contributed by atoms with Crippen LogP contribution >= 0.6 is 22.9 Å². The number of hydrogen-bond donors (Lipinski definition) is 2. The molecule has 1 aliphatic heterocycles. The van der Waals surface area contributed by atoms with Gasteiger partial charge in [0.25, 0.3) is 0 Å². The Morgan fingerprint density at radius 3 is 2.67 bits per heavy atom. The van der Waals surface area contributed by atoms with E-state index in [0.29, 0.717) is 23.8 Å². The number of halogens is 1. The van der Waals surface area contributed by atoms with Gasteiger partial charge in [0.2, 0.25) is 5.91 Å². The van der Waals surface area contributed by atoms with E-state index in [0.717, 1.165) is 35.0 Å². The van der Waals surface area contributed by atoms with Crippen LogP contribution in [0.2, 0.25) is 5.15 Å². The third-order valence-electron chi connectivity index (χ3n) is 4.74. The van der Waals surface area contributed by atoms with Crippen molar-refractivity contribution < 1.29 is 13.2 Å². The second-order valence-electron chi connectivity index (χ2n) is 7.01. The molecule has 0 unspecified atom stereocenters. The molecule has 1 saturated heterocycles. The lowest BCUT2D eigenvalue weighted by Crippen LogP contribution is -2.39. The summed E-state index contributed by atoms with van der Waals surface area (Å²) >= 11 is 7.53. The molecule has 0 aliphatic carbocycles. The van der Waals surface area contributed by atoms with Crippen LogP contribution < -0.4 is 10.0 Å². The molecule has 0 atom stereocenters. The number of fused-ring (bicyclic) bond motifs is 1. The molecule has 4 rings (SSSR count). The number of amides is 1. The van der Waals surface area contributed by atoms with Crippen LogP contribution in [0.5, 0.6) is 0 Å². The Balaban J connectivity index is 1.63. The van der Waals surface area contributed by atoms with E-state index in [1.807, 2.05) is 18.2 Å². The average molecular weight is 466 g/mol.